The van der Waals surface area contributed by atoms with Crippen molar-refractivity contribution in [2.75, 3.05) is 6.54 Å². The Hall–Kier alpha value is -3.94. The van der Waals surface area contributed by atoms with Gasteiger partial charge in [-0.3, -0.25) is 24.0 Å². The minimum atomic E-state index is -4.59. The van der Waals surface area contributed by atoms with Crippen molar-refractivity contribution >= 4 is 23.6 Å². The third-order valence-corrected chi connectivity index (χ3v) is 7.33. The summed E-state index contributed by atoms with van der Waals surface area (Å²) in [4.78, 5) is 39.1. The molecule has 3 amide bonds. The Morgan fingerprint density at radius 1 is 1.12 bits per heavy atom. The molecule has 1 aromatic carbocycles. The van der Waals surface area contributed by atoms with Crippen LogP contribution in [0.2, 0.25) is 0 Å². The van der Waals surface area contributed by atoms with Gasteiger partial charge in [0.1, 0.15) is 5.84 Å². The monoisotopic (exact) mass is 562 g/mol. The molecule has 216 valence electrons. The van der Waals surface area contributed by atoms with Crippen LogP contribution in [0.5, 0.6) is 0 Å². The number of likely N-dealkylation sites (tertiary alicyclic amines) is 1. The standard InChI is InChI=1S/C26H33F3N8O3/c27-26(28,29)19-9-4-3-8-18(19)21-15-20(35-37(21)17-6-1-2-7-17)25(40)32-16(14-22(33-30)34-31)12-13-36-23(38)10-5-11-24(36)39/h3-4,8-9,15-17H,1-2,5-7,10-14,30-31H2,(H,32,40)(H,33,34). The molecule has 2 fully saturated rings. The largest absolute Gasteiger partial charge is 0.417 e. The van der Waals surface area contributed by atoms with Gasteiger partial charge in [0.05, 0.1) is 17.3 Å². The number of imide groups is 1. The number of nitrogens with zero attached hydrogens (tertiary/aromatic N) is 4. The number of benzene rings is 1. The summed E-state index contributed by atoms with van der Waals surface area (Å²) in [5.74, 6) is 9.80. The van der Waals surface area contributed by atoms with Crippen LogP contribution < -0.4 is 22.4 Å². The second kappa shape index (κ2) is 12.5. The molecular weight excluding hydrogens is 529 g/mol. The Kier molecular flexibility index (Phi) is 9.07. The Balaban J connectivity index is 1.62. The van der Waals surface area contributed by atoms with Crippen molar-refractivity contribution in [2.45, 2.75) is 76.0 Å². The summed E-state index contributed by atoms with van der Waals surface area (Å²) in [6.45, 7) is 0.0613. The molecule has 1 atom stereocenters. The number of hydrazine groups is 1. The molecule has 1 unspecified atom stereocenters. The number of halogens is 3. The van der Waals surface area contributed by atoms with Gasteiger partial charge in [0.15, 0.2) is 5.69 Å². The zero-order valence-electron chi connectivity index (χ0n) is 21.9. The molecule has 2 aliphatic rings. The molecule has 40 heavy (non-hydrogen) atoms. The van der Waals surface area contributed by atoms with Gasteiger partial charge in [-0.15, -0.1) is 0 Å². The molecule has 6 N–H and O–H groups in total. The highest BCUT2D eigenvalue weighted by atomic mass is 19.4. The second-order valence-electron chi connectivity index (χ2n) is 10.0. The molecule has 4 rings (SSSR count). The third kappa shape index (κ3) is 6.61. The summed E-state index contributed by atoms with van der Waals surface area (Å²) in [6.07, 6.45) is -0.0204. The number of amides is 3. The summed E-state index contributed by atoms with van der Waals surface area (Å²) < 4.78 is 43.1. The summed E-state index contributed by atoms with van der Waals surface area (Å²) in [5.41, 5.74) is 1.62. The first kappa shape index (κ1) is 29.1. The van der Waals surface area contributed by atoms with E-state index >= 15 is 0 Å². The van der Waals surface area contributed by atoms with Crippen LogP contribution in [0.15, 0.2) is 35.4 Å². The van der Waals surface area contributed by atoms with Gasteiger partial charge in [-0.2, -0.15) is 23.4 Å². The highest BCUT2D eigenvalue weighted by molar-refractivity contribution is 5.97. The van der Waals surface area contributed by atoms with E-state index in [9.17, 15) is 27.6 Å². The van der Waals surface area contributed by atoms with Gasteiger partial charge < -0.3 is 16.6 Å². The predicted octanol–water partition coefficient (Wildman–Crippen LogP) is 2.84. The summed E-state index contributed by atoms with van der Waals surface area (Å²) in [6, 6.07) is 5.78. The molecule has 1 aliphatic heterocycles. The van der Waals surface area contributed by atoms with Crippen molar-refractivity contribution in [1.29, 1.82) is 0 Å². The number of rotatable bonds is 9. The molecule has 1 aliphatic carbocycles. The van der Waals surface area contributed by atoms with Crippen LogP contribution in [0.1, 0.15) is 79.9 Å². The lowest BCUT2D eigenvalue weighted by atomic mass is 10.0. The molecule has 1 saturated carbocycles. The first-order valence-electron chi connectivity index (χ1n) is 13.3. The molecule has 0 spiro atoms. The second-order valence-corrected chi connectivity index (χ2v) is 10.0. The minimum Gasteiger partial charge on any atom is -0.347 e. The number of nitrogens with one attached hydrogen (secondary N) is 2. The van der Waals surface area contributed by atoms with Gasteiger partial charge in [0.2, 0.25) is 11.8 Å². The molecule has 1 aromatic heterocycles. The molecular formula is C26H33F3N8O3. The lowest BCUT2D eigenvalue weighted by Gasteiger charge is -2.27. The topological polar surface area (TPSA) is 161 Å². The van der Waals surface area contributed by atoms with Crippen molar-refractivity contribution in [3.63, 3.8) is 0 Å². The first-order chi connectivity index (χ1) is 19.1. The Morgan fingerprint density at radius 2 is 1.80 bits per heavy atom. The number of alkyl halides is 3. The van der Waals surface area contributed by atoms with E-state index in [1.165, 1.54) is 33.8 Å². The van der Waals surface area contributed by atoms with Gasteiger partial charge in [0.25, 0.3) is 5.91 Å². The number of hydrazone groups is 1. The summed E-state index contributed by atoms with van der Waals surface area (Å²) >= 11 is 0. The molecule has 2 heterocycles. The predicted molar refractivity (Wildman–Crippen MR) is 140 cm³/mol. The van der Waals surface area contributed by atoms with E-state index < -0.39 is 23.7 Å². The number of hydrogen-bond donors (Lipinski definition) is 4. The van der Waals surface area contributed by atoms with E-state index in [4.69, 9.17) is 11.7 Å². The van der Waals surface area contributed by atoms with Crippen LogP contribution in [0.25, 0.3) is 11.3 Å². The molecule has 1 saturated heterocycles. The summed E-state index contributed by atoms with van der Waals surface area (Å²) in [7, 11) is 0. The number of hydrogen-bond acceptors (Lipinski definition) is 7. The van der Waals surface area contributed by atoms with E-state index in [2.05, 4.69) is 20.9 Å². The van der Waals surface area contributed by atoms with Crippen LogP contribution >= 0.6 is 0 Å². The van der Waals surface area contributed by atoms with Crippen molar-refractivity contribution in [3.05, 3.63) is 41.6 Å². The zero-order chi connectivity index (χ0) is 28.9. The lowest BCUT2D eigenvalue weighted by molar-refractivity contribution is -0.148. The number of amidine groups is 1. The molecule has 0 bridgehead atoms. The summed E-state index contributed by atoms with van der Waals surface area (Å²) in [5, 5.41) is 10.8. The SMILES string of the molecule is N/N=C(/CC(CCN1C(=O)CCCC1=O)NC(=O)c1cc(-c2ccccc2C(F)(F)F)n(C2CCCC2)n1)NN. The van der Waals surface area contributed by atoms with E-state index in [1.54, 1.807) is 0 Å². The first-order valence-corrected chi connectivity index (χ1v) is 13.3. The number of nitrogens with two attached hydrogens (primary N) is 2. The van der Waals surface area contributed by atoms with E-state index in [0.29, 0.717) is 6.42 Å². The third-order valence-electron chi connectivity index (χ3n) is 7.33. The van der Waals surface area contributed by atoms with Crippen molar-refractivity contribution in [2.24, 2.45) is 16.8 Å². The quantitative estimate of drug-likeness (QED) is 0.120. The van der Waals surface area contributed by atoms with Crippen LogP contribution in [0.3, 0.4) is 0 Å². The average molecular weight is 563 g/mol. The van der Waals surface area contributed by atoms with Gasteiger partial charge in [0, 0.05) is 37.4 Å². The highest BCUT2D eigenvalue weighted by Gasteiger charge is 2.35. The molecule has 14 heteroatoms. The van der Waals surface area contributed by atoms with E-state index in [-0.39, 0.29) is 72.9 Å². The fraction of sp³-hybridized carbons (Fsp3) is 0.500. The maximum atomic E-state index is 13.9. The van der Waals surface area contributed by atoms with Crippen molar-refractivity contribution in [1.82, 2.24) is 25.4 Å². The number of carbonyl (C=O) groups is 3. The average Bonchev–Trinajstić information content (AvgIpc) is 3.61. The number of aromatic nitrogens is 2. The van der Waals surface area contributed by atoms with Crippen LogP contribution in [0.4, 0.5) is 13.2 Å². The normalized spacial score (nSPS) is 17.8. The zero-order valence-corrected chi connectivity index (χ0v) is 21.9. The van der Waals surface area contributed by atoms with Gasteiger partial charge in [-0.25, -0.2) is 5.84 Å². The fourth-order valence-corrected chi connectivity index (χ4v) is 5.29. The van der Waals surface area contributed by atoms with Crippen LogP contribution in [-0.2, 0) is 15.8 Å². The Labute approximate surface area is 229 Å². The maximum absolute atomic E-state index is 13.9. The fourth-order valence-electron chi connectivity index (χ4n) is 5.29. The Bertz CT molecular complexity index is 1250. The van der Waals surface area contributed by atoms with E-state index in [1.807, 2.05) is 0 Å². The minimum absolute atomic E-state index is 0.0547. The molecule has 11 nitrogen and oxygen atoms in total. The van der Waals surface area contributed by atoms with Crippen molar-refractivity contribution in [3.8, 4) is 11.3 Å². The van der Waals surface area contributed by atoms with Crippen LogP contribution in [-0.4, -0.2) is 50.8 Å². The maximum Gasteiger partial charge on any atom is 0.417 e. The van der Waals surface area contributed by atoms with Gasteiger partial charge >= 0.3 is 6.18 Å². The number of carbonyl (C=O) groups excluding carboxylic acids is 3. The van der Waals surface area contributed by atoms with Gasteiger partial charge in [-0.1, -0.05) is 31.0 Å². The van der Waals surface area contributed by atoms with Crippen LogP contribution in [0, 0.1) is 0 Å². The molecule has 2 aromatic rings. The molecule has 0 radical (unpaired) electrons. The Morgan fingerprint density at radius 3 is 2.42 bits per heavy atom. The highest BCUT2D eigenvalue weighted by Crippen LogP contribution is 2.40. The smallest absolute Gasteiger partial charge is 0.347 e. The van der Waals surface area contributed by atoms with E-state index in [0.717, 1.165) is 31.7 Å². The van der Waals surface area contributed by atoms with Gasteiger partial charge in [-0.05, 0) is 37.8 Å². The lowest BCUT2D eigenvalue weighted by Crippen LogP contribution is -2.46. The van der Waals surface area contributed by atoms with Crippen molar-refractivity contribution < 1.29 is 27.6 Å². The number of piperidine rings is 1.